The van der Waals surface area contributed by atoms with Gasteiger partial charge in [0.25, 0.3) is 11.8 Å². The van der Waals surface area contributed by atoms with Gasteiger partial charge in [-0.15, -0.1) is 17.7 Å². The molecule has 2 atom stereocenters. The predicted octanol–water partition coefficient (Wildman–Crippen LogP) is 15.0. The van der Waals surface area contributed by atoms with Gasteiger partial charge in [0.15, 0.2) is 11.4 Å². The Balaban J connectivity index is 0.000000283. The quantitative estimate of drug-likeness (QED) is 0.0115. The van der Waals surface area contributed by atoms with Gasteiger partial charge < -0.3 is 46.7 Å². The summed E-state index contributed by atoms with van der Waals surface area (Å²) in [5, 5.41) is 22.0. The Kier molecular flexibility index (Phi) is 33.5. The SMILES string of the molecule is CCCNC(=O)C1(C(=O)NCCCCCC(=O)O)CC(/C=C/C2=[N+](CC)c3ccccc3C2(C)C)=CC(=C/C=C2/N(CC)c3ccccc3C2(C)C)/C1.CCCNC(=O)C1(C(=O)NCCCCCC(=O)ON2C(=O)CCC2=O)CC(=CC=C2N(CC)c3ccccc3C2(C)C)C=C(C=CC2=[N+](CCC)c3ccccc3C2(C)C)C1.CN.O=S(=O)=O. The van der Waals surface area contributed by atoms with Gasteiger partial charge in [-0.05, 0) is 177 Å². The van der Waals surface area contributed by atoms with E-state index in [0.29, 0.717) is 69.8 Å². The number of imide groups is 1. The van der Waals surface area contributed by atoms with Gasteiger partial charge in [-0.2, -0.15) is 9.15 Å². The third kappa shape index (κ3) is 21.5. The topological polar surface area (TPSA) is 307 Å². The van der Waals surface area contributed by atoms with Crippen molar-refractivity contribution in [3.05, 3.63) is 214 Å². The molecule has 1 fully saturated rings. The lowest BCUT2D eigenvalue weighted by Gasteiger charge is -2.35. The van der Waals surface area contributed by atoms with Crippen LogP contribution in [-0.2, 0) is 75.5 Å². The fourth-order valence-electron chi connectivity index (χ4n) is 17.8. The molecular weight excluding hydrogens is 1530 g/mol. The number of rotatable bonds is 32. The van der Waals surface area contributed by atoms with Crippen LogP contribution in [0.25, 0.3) is 0 Å². The number of para-hydroxylation sites is 4. The summed E-state index contributed by atoms with van der Waals surface area (Å²) >= 11 is 0. The lowest BCUT2D eigenvalue weighted by Crippen LogP contribution is -2.53. The minimum absolute atomic E-state index is 0.0342. The standard InChI is InChI=1S/C50H63N5O6.C45H58N4O4.CH5N.O3S/c1-8-29-51-46(59)50(47(60)52-30-17-11-12-22-45(58)61-55-43(56)27-28-44(55)57)33-35(23-25-41-48(4,5)37-18-13-15-20-39(37)53(41)10-3)32-36(34-50)24-26-42-49(6,7)38-19-14-16-21-40(38)54(42)31-9-2;1-8-27-46-41(52)45(42(53)47-28-17-11-12-22-40(50)51)30-32(23-25-38-43(4,5)34-18-13-15-20-36(34)48(38)9-2)29-33(31-45)24-26-39-44(6,7)35-19-14-16-21-37(35)49(39)10-3;1-2;1-4(2)3/h13-16,18-21,23-26,32H,8-12,17,22,27-31,33-34H2,1-7H3,(H-,51,52,59,60);13-16,18-21,23-26,29H,8-12,17,22,27-28,30-31H2,1-7H3,(H2-,46,47,50,51,52,53);2H2,1H3;/p+2. The van der Waals surface area contributed by atoms with Crippen LogP contribution in [0, 0.1) is 10.8 Å². The summed E-state index contributed by atoms with van der Waals surface area (Å²) in [7, 11) is -1.61. The van der Waals surface area contributed by atoms with Crippen molar-refractivity contribution in [3.63, 3.8) is 0 Å². The number of carbonyl (C=O) groups excluding carboxylic acids is 7. The molecule has 120 heavy (non-hydrogen) atoms. The van der Waals surface area contributed by atoms with E-state index in [2.05, 4.69) is 287 Å². The van der Waals surface area contributed by atoms with Gasteiger partial charge in [0.2, 0.25) is 35.0 Å². The Morgan fingerprint density at radius 2 is 0.842 bits per heavy atom. The van der Waals surface area contributed by atoms with Crippen molar-refractivity contribution in [1.82, 2.24) is 26.3 Å². The highest BCUT2D eigenvalue weighted by Gasteiger charge is 2.52. The number of hydrogen-bond acceptors (Lipinski definition) is 15. The number of carbonyl (C=O) groups is 8. The molecule has 23 nitrogen and oxygen atoms in total. The van der Waals surface area contributed by atoms with Crippen molar-refractivity contribution in [2.24, 2.45) is 16.6 Å². The van der Waals surface area contributed by atoms with Crippen molar-refractivity contribution in [3.8, 4) is 0 Å². The molecule has 0 bridgehead atoms. The number of aliphatic carboxylic acids is 1. The first kappa shape index (κ1) is 94.8. The van der Waals surface area contributed by atoms with E-state index in [-0.39, 0.29) is 96.7 Å². The molecule has 7 N–H and O–H groups in total. The van der Waals surface area contributed by atoms with Gasteiger partial charge in [0, 0.05) is 140 Å². The molecule has 0 radical (unpaired) electrons. The van der Waals surface area contributed by atoms with Gasteiger partial charge in [-0.1, -0.05) is 171 Å². The van der Waals surface area contributed by atoms with Crippen LogP contribution in [0.3, 0.4) is 0 Å². The Hall–Kier alpha value is -10.7. The molecule has 11 rings (SSSR count). The number of fused-ring (bicyclic) bond motifs is 4. The van der Waals surface area contributed by atoms with E-state index in [1.165, 1.54) is 69.2 Å². The highest BCUT2D eigenvalue weighted by molar-refractivity contribution is 7.59. The number of hydrogen-bond donors (Lipinski definition) is 6. The number of benzene rings is 4. The van der Waals surface area contributed by atoms with Gasteiger partial charge in [0.05, 0.1) is 10.8 Å². The number of carboxylic acid groups (broad SMARTS) is 1. The first-order chi connectivity index (χ1) is 57.2. The molecule has 0 aromatic heterocycles. The molecule has 7 aliphatic rings. The monoisotopic (exact) mass is 1660 g/mol. The number of carboxylic acids is 1. The maximum absolute atomic E-state index is 14.6. The fraction of sp³-hybridized carbons (Fsp3) is 0.479. The average Bonchev–Trinajstić information content (AvgIpc) is 1.47. The summed E-state index contributed by atoms with van der Waals surface area (Å²) in [5.74, 6) is -3.66. The van der Waals surface area contributed by atoms with Crippen LogP contribution in [0.1, 0.15) is 228 Å². The van der Waals surface area contributed by atoms with Crippen molar-refractivity contribution >= 4 is 92.2 Å². The zero-order chi connectivity index (χ0) is 87.9. The van der Waals surface area contributed by atoms with Crippen molar-refractivity contribution < 1.29 is 70.1 Å². The molecule has 6 amide bonds. The number of nitrogens with zero attached hydrogens (tertiary/aromatic N) is 5. The summed E-state index contributed by atoms with van der Waals surface area (Å²) in [4.78, 5) is 115. The molecule has 0 saturated carbocycles. The minimum atomic E-state index is -3.11. The number of allylic oxidation sites excluding steroid dienone is 16. The van der Waals surface area contributed by atoms with E-state index >= 15 is 0 Å². The fourth-order valence-corrected chi connectivity index (χ4v) is 17.8. The molecule has 4 aromatic carbocycles. The smallest absolute Gasteiger partial charge is 0.425 e. The highest BCUT2D eigenvalue weighted by Crippen LogP contribution is 2.51. The lowest BCUT2D eigenvalue weighted by molar-refractivity contribution is -0.437. The first-order valence-electron chi connectivity index (χ1n) is 42.8. The number of amides is 6. The van der Waals surface area contributed by atoms with Gasteiger partial charge >= 0.3 is 22.5 Å². The second-order valence-electron chi connectivity index (χ2n) is 33.6. The normalized spacial score (nSPS) is 20.8. The summed E-state index contributed by atoms with van der Waals surface area (Å²) < 4.78 is 30.1. The molecule has 5 aliphatic heterocycles. The second-order valence-corrected chi connectivity index (χ2v) is 34.0. The van der Waals surface area contributed by atoms with Crippen LogP contribution in [0.2, 0.25) is 0 Å². The molecule has 2 aliphatic carbocycles. The Bertz CT molecular complexity index is 4910. The molecule has 4 aromatic rings. The molecule has 644 valence electrons. The van der Waals surface area contributed by atoms with Crippen LogP contribution in [0.5, 0.6) is 0 Å². The van der Waals surface area contributed by atoms with Crippen molar-refractivity contribution in [2.45, 2.75) is 228 Å². The Morgan fingerprint density at radius 1 is 0.467 bits per heavy atom. The summed E-state index contributed by atoms with van der Waals surface area (Å²) in [6.45, 7) is 35.6. The van der Waals surface area contributed by atoms with Crippen LogP contribution < -0.4 is 36.8 Å². The molecule has 24 heteroatoms. The lowest BCUT2D eigenvalue weighted by atomic mass is 9.70. The molecule has 5 heterocycles. The summed E-state index contributed by atoms with van der Waals surface area (Å²) in [6, 6.07) is 34.2. The van der Waals surface area contributed by atoms with Crippen LogP contribution >= 0.6 is 0 Å². The third-order valence-corrected chi connectivity index (χ3v) is 23.9. The van der Waals surface area contributed by atoms with Crippen molar-refractivity contribution in [2.75, 3.05) is 69.2 Å². The third-order valence-electron chi connectivity index (χ3n) is 23.9. The van der Waals surface area contributed by atoms with Gasteiger partial charge in [-0.25, -0.2) is 4.79 Å². The highest BCUT2D eigenvalue weighted by atomic mass is 32.2. The zero-order valence-electron chi connectivity index (χ0n) is 73.3. The van der Waals surface area contributed by atoms with Crippen LogP contribution in [0.4, 0.5) is 22.7 Å². The van der Waals surface area contributed by atoms with Gasteiger partial charge in [-0.3, -0.25) is 33.6 Å². The van der Waals surface area contributed by atoms with E-state index in [1.807, 2.05) is 13.8 Å². The number of unbranched alkanes of at least 4 members (excludes halogenated alkanes) is 4. The Labute approximate surface area is 711 Å². The van der Waals surface area contributed by atoms with E-state index in [9.17, 15) is 38.4 Å². The molecule has 2 unspecified atom stereocenters. The van der Waals surface area contributed by atoms with E-state index in [1.54, 1.807) is 0 Å². The number of hydroxylamine groups is 2. The predicted molar refractivity (Wildman–Crippen MR) is 474 cm³/mol. The number of nitrogens with two attached hydrogens (primary N) is 1. The Morgan fingerprint density at radius 3 is 1.23 bits per heavy atom. The minimum Gasteiger partial charge on any atom is -0.481 e. The maximum Gasteiger partial charge on any atom is 0.425 e. The first-order valence-corrected chi connectivity index (χ1v) is 43.8. The van der Waals surface area contributed by atoms with Crippen molar-refractivity contribution in [1.29, 1.82) is 0 Å². The van der Waals surface area contributed by atoms with Crippen LogP contribution in [0.15, 0.2) is 192 Å². The zero-order valence-corrected chi connectivity index (χ0v) is 74.1. The summed E-state index contributed by atoms with van der Waals surface area (Å²) in [5.41, 5.74) is 19.0. The average molecular weight is 1660 g/mol. The largest absolute Gasteiger partial charge is 0.481 e. The van der Waals surface area contributed by atoms with E-state index in [4.69, 9.17) is 22.6 Å². The second kappa shape index (κ2) is 42.5. The number of nitrogens with one attached hydrogen (secondary N) is 4. The van der Waals surface area contributed by atoms with E-state index < -0.39 is 45.2 Å². The number of anilines is 2. The molecule has 1 saturated heterocycles. The van der Waals surface area contributed by atoms with Gasteiger partial charge in [0.1, 0.15) is 23.9 Å². The van der Waals surface area contributed by atoms with E-state index in [0.717, 1.165) is 73.4 Å². The molecule has 0 spiro atoms. The van der Waals surface area contributed by atoms with Crippen LogP contribution in [-0.4, -0.2) is 150 Å². The molecular formula is C96H128N10O13S+2. The maximum atomic E-state index is 14.6. The summed E-state index contributed by atoms with van der Waals surface area (Å²) in [6.07, 6.45) is 28.6. The number of likely N-dealkylation sites (N-methyl/N-ethyl adjacent to an activating group) is 2.